The van der Waals surface area contributed by atoms with Crippen molar-refractivity contribution in [2.24, 2.45) is 17.8 Å². The van der Waals surface area contributed by atoms with Crippen LogP contribution in [0.3, 0.4) is 0 Å². The molecule has 0 bridgehead atoms. The van der Waals surface area contributed by atoms with E-state index in [0.29, 0.717) is 5.92 Å². The average Bonchev–Trinajstić information content (AvgIpc) is 2.74. The molecule has 1 aliphatic carbocycles. The van der Waals surface area contributed by atoms with Gasteiger partial charge in [0, 0.05) is 11.5 Å². The van der Waals surface area contributed by atoms with Gasteiger partial charge in [0.05, 0.1) is 13.2 Å². The van der Waals surface area contributed by atoms with Crippen LogP contribution in [-0.2, 0) is 15.9 Å². The van der Waals surface area contributed by atoms with Crippen LogP contribution in [0.4, 0.5) is 4.39 Å². The number of unbranched alkanes of at least 4 members (excludes halogenated alkanes) is 3. The first kappa shape index (κ1) is 21.8. The monoisotopic (exact) mass is 390 g/mol. The Morgan fingerprint density at radius 1 is 0.893 bits per heavy atom. The molecule has 0 radical (unpaired) electrons. The Labute approximate surface area is 171 Å². The zero-order valence-corrected chi connectivity index (χ0v) is 17.9. The van der Waals surface area contributed by atoms with Crippen molar-refractivity contribution < 1.29 is 13.9 Å². The Morgan fingerprint density at radius 3 is 2.25 bits per heavy atom. The first-order valence-electron chi connectivity index (χ1n) is 11.7. The van der Waals surface area contributed by atoms with E-state index < -0.39 is 6.29 Å². The van der Waals surface area contributed by atoms with Crippen LogP contribution < -0.4 is 0 Å². The van der Waals surface area contributed by atoms with E-state index in [1.807, 2.05) is 12.1 Å². The maximum atomic E-state index is 14.3. The molecule has 1 saturated carbocycles. The summed E-state index contributed by atoms with van der Waals surface area (Å²) in [5.41, 5.74) is 1.62. The van der Waals surface area contributed by atoms with Gasteiger partial charge in [-0.15, -0.1) is 0 Å². The molecule has 1 aromatic rings. The third-order valence-electron chi connectivity index (χ3n) is 6.85. The molecule has 2 nitrogen and oxygen atoms in total. The molecule has 0 spiro atoms. The van der Waals surface area contributed by atoms with Crippen LogP contribution in [-0.4, -0.2) is 13.2 Å². The van der Waals surface area contributed by atoms with Crippen LogP contribution in [0.2, 0.25) is 0 Å². The van der Waals surface area contributed by atoms with Crippen LogP contribution in [0.15, 0.2) is 18.2 Å². The summed E-state index contributed by atoms with van der Waals surface area (Å²) in [7, 11) is 0. The van der Waals surface area contributed by atoms with E-state index in [0.717, 1.165) is 55.4 Å². The van der Waals surface area contributed by atoms with E-state index in [2.05, 4.69) is 13.8 Å². The van der Waals surface area contributed by atoms with Gasteiger partial charge in [0.1, 0.15) is 5.82 Å². The molecule has 28 heavy (non-hydrogen) atoms. The maximum absolute atomic E-state index is 14.3. The molecule has 1 heterocycles. The number of rotatable bonds is 9. The molecule has 1 aliphatic heterocycles. The molecule has 158 valence electrons. The van der Waals surface area contributed by atoms with Gasteiger partial charge in [-0.05, 0) is 49.1 Å². The van der Waals surface area contributed by atoms with Crippen LogP contribution in [0.5, 0.6) is 0 Å². The second-order valence-corrected chi connectivity index (χ2v) is 8.99. The van der Waals surface area contributed by atoms with E-state index in [9.17, 15) is 4.39 Å². The third-order valence-corrected chi connectivity index (χ3v) is 6.85. The van der Waals surface area contributed by atoms with Crippen LogP contribution >= 0.6 is 0 Å². The Balaban J connectivity index is 1.43. The minimum atomic E-state index is -0.406. The molecule has 0 unspecified atom stereocenters. The van der Waals surface area contributed by atoms with E-state index in [1.165, 1.54) is 51.4 Å². The van der Waals surface area contributed by atoms with E-state index >= 15 is 0 Å². The van der Waals surface area contributed by atoms with Gasteiger partial charge >= 0.3 is 0 Å². The van der Waals surface area contributed by atoms with Crippen LogP contribution in [0, 0.1) is 23.6 Å². The molecule has 3 heteroatoms. The van der Waals surface area contributed by atoms with Crippen molar-refractivity contribution >= 4 is 0 Å². The highest BCUT2D eigenvalue weighted by Gasteiger charge is 2.32. The third kappa shape index (κ3) is 6.03. The van der Waals surface area contributed by atoms with E-state index in [1.54, 1.807) is 6.07 Å². The summed E-state index contributed by atoms with van der Waals surface area (Å²) < 4.78 is 26.4. The predicted molar refractivity (Wildman–Crippen MR) is 113 cm³/mol. The van der Waals surface area contributed by atoms with Gasteiger partial charge in [-0.1, -0.05) is 70.9 Å². The molecule has 0 aromatic heterocycles. The topological polar surface area (TPSA) is 18.5 Å². The van der Waals surface area contributed by atoms with Crippen molar-refractivity contribution in [1.82, 2.24) is 0 Å². The van der Waals surface area contributed by atoms with Gasteiger partial charge in [-0.2, -0.15) is 0 Å². The minimum Gasteiger partial charge on any atom is -0.348 e. The number of halogens is 1. The fraction of sp³-hybridized carbons (Fsp3) is 0.760. The van der Waals surface area contributed by atoms with Gasteiger partial charge in [-0.3, -0.25) is 0 Å². The lowest BCUT2D eigenvalue weighted by molar-refractivity contribution is -0.214. The fourth-order valence-corrected chi connectivity index (χ4v) is 4.89. The summed E-state index contributed by atoms with van der Waals surface area (Å²) >= 11 is 0. The average molecular weight is 391 g/mol. The van der Waals surface area contributed by atoms with Gasteiger partial charge in [0.15, 0.2) is 6.29 Å². The van der Waals surface area contributed by atoms with Crippen molar-refractivity contribution in [2.75, 3.05) is 13.2 Å². The van der Waals surface area contributed by atoms with Gasteiger partial charge in [0.25, 0.3) is 0 Å². The number of hydrogen-bond acceptors (Lipinski definition) is 2. The predicted octanol–water partition coefficient (Wildman–Crippen LogP) is 7.22. The van der Waals surface area contributed by atoms with Gasteiger partial charge < -0.3 is 9.47 Å². The normalized spacial score (nSPS) is 28.4. The zero-order valence-electron chi connectivity index (χ0n) is 17.9. The Morgan fingerprint density at radius 2 is 1.61 bits per heavy atom. The molecule has 3 rings (SSSR count). The molecule has 0 atom stereocenters. The van der Waals surface area contributed by atoms with Crippen molar-refractivity contribution in [3.8, 4) is 0 Å². The molecule has 1 saturated heterocycles. The number of ether oxygens (including phenoxy) is 2. The van der Waals surface area contributed by atoms with E-state index in [-0.39, 0.29) is 5.82 Å². The number of hydrogen-bond donors (Lipinski definition) is 0. The molecule has 0 N–H and O–H groups in total. The minimum absolute atomic E-state index is 0.123. The smallest absolute Gasteiger partial charge is 0.183 e. The fourth-order valence-electron chi connectivity index (χ4n) is 4.89. The first-order chi connectivity index (χ1) is 13.7. The maximum Gasteiger partial charge on any atom is 0.183 e. The van der Waals surface area contributed by atoms with Crippen molar-refractivity contribution in [2.45, 2.75) is 90.8 Å². The summed E-state index contributed by atoms with van der Waals surface area (Å²) in [6, 6.07) is 5.48. The van der Waals surface area contributed by atoms with Gasteiger partial charge in [0.2, 0.25) is 0 Å². The standard InChI is InChI=1S/C25H39FO2/c1-3-5-7-8-19-10-12-20(13-11-19)23-17-27-25(28-18-23)22-15-14-21(9-6-4-2)24(26)16-22/h14-16,19-20,23,25H,3-13,17-18H2,1-2H3/t19-,20-,23?,25?. The molecular formula is C25H39FO2. The number of aryl methyl sites for hydroxylation is 1. The largest absolute Gasteiger partial charge is 0.348 e. The summed E-state index contributed by atoms with van der Waals surface area (Å²) in [5, 5.41) is 0. The molecule has 0 amide bonds. The lowest BCUT2D eigenvalue weighted by atomic mass is 9.74. The Hall–Kier alpha value is -0.930. The lowest BCUT2D eigenvalue weighted by Crippen LogP contribution is -2.34. The summed E-state index contributed by atoms with van der Waals surface area (Å²) in [4.78, 5) is 0. The van der Waals surface area contributed by atoms with E-state index in [4.69, 9.17) is 9.47 Å². The van der Waals surface area contributed by atoms with Crippen molar-refractivity contribution in [1.29, 1.82) is 0 Å². The lowest BCUT2D eigenvalue weighted by Gasteiger charge is -2.38. The quantitative estimate of drug-likeness (QED) is 0.414. The highest BCUT2D eigenvalue weighted by atomic mass is 19.1. The summed E-state index contributed by atoms with van der Waals surface area (Å²) in [6.45, 7) is 5.90. The van der Waals surface area contributed by atoms with Gasteiger partial charge in [-0.25, -0.2) is 4.39 Å². The van der Waals surface area contributed by atoms with Crippen molar-refractivity contribution in [3.63, 3.8) is 0 Å². The second kappa shape index (κ2) is 11.3. The molecule has 1 aromatic carbocycles. The highest BCUT2D eigenvalue weighted by Crippen LogP contribution is 2.38. The SMILES string of the molecule is CCCCC[C@H]1CC[C@H](C2COC(c3ccc(CCCC)c(F)c3)OC2)CC1. The van der Waals surface area contributed by atoms with Crippen LogP contribution in [0.1, 0.15) is 95.5 Å². The van der Waals surface area contributed by atoms with Crippen LogP contribution in [0.25, 0.3) is 0 Å². The summed E-state index contributed by atoms with van der Waals surface area (Å²) in [5.74, 6) is 2.05. The number of benzene rings is 1. The zero-order chi connectivity index (χ0) is 19.8. The highest BCUT2D eigenvalue weighted by molar-refractivity contribution is 5.25. The second-order valence-electron chi connectivity index (χ2n) is 8.99. The Kier molecular flexibility index (Phi) is 8.79. The molecule has 2 fully saturated rings. The molecule has 2 aliphatic rings. The van der Waals surface area contributed by atoms with Crippen molar-refractivity contribution in [3.05, 3.63) is 35.1 Å². The molecular weight excluding hydrogens is 351 g/mol. The Bertz CT molecular complexity index is 572. The summed E-state index contributed by atoms with van der Waals surface area (Å²) in [6.07, 6.45) is 13.4. The first-order valence-corrected chi connectivity index (χ1v) is 11.7.